The van der Waals surface area contributed by atoms with Crippen LogP contribution in [-0.2, 0) is 9.53 Å². The second-order valence-corrected chi connectivity index (χ2v) is 4.38. The summed E-state index contributed by atoms with van der Waals surface area (Å²) in [6.07, 6.45) is 6.48. The number of piperidine rings is 2. The monoisotopic (exact) mass is 212 g/mol. The summed E-state index contributed by atoms with van der Waals surface area (Å²) in [6, 6.07) is -0.0672. The third-order valence-corrected chi connectivity index (χ3v) is 3.12. The molecule has 2 rings (SSSR count). The van der Waals surface area contributed by atoms with Gasteiger partial charge in [-0.25, -0.2) is 0 Å². The Bertz CT molecular complexity index is 209. The Labute approximate surface area is 90.8 Å². The molecule has 0 aromatic heterocycles. The zero-order valence-electron chi connectivity index (χ0n) is 9.13. The number of nitrogens with one attached hydrogen (secondary N) is 2. The Morgan fingerprint density at radius 1 is 1.00 bits per heavy atom. The number of ether oxygens (including phenoxy) is 1. The molecule has 2 aliphatic heterocycles. The molecule has 2 N–H and O–H groups in total. The van der Waals surface area contributed by atoms with Crippen molar-refractivity contribution in [3.63, 3.8) is 0 Å². The fraction of sp³-hybridized carbons (Fsp3) is 0.909. The van der Waals surface area contributed by atoms with Crippen LogP contribution in [0.1, 0.15) is 38.5 Å². The van der Waals surface area contributed by atoms with Crippen molar-refractivity contribution in [3.05, 3.63) is 0 Å². The molecule has 0 radical (unpaired) electrons. The van der Waals surface area contributed by atoms with Crippen LogP contribution in [0.15, 0.2) is 0 Å². The van der Waals surface area contributed by atoms with Crippen molar-refractivity contribution in [2.75, 3.05) is 13.1 Å². The first-order valence-electron chi connectivity index (χ1n) is 6.03. The van der Waals surface area contributed by atoms with E-state index in [4.69, 9.17) is 4.74 Å². The van der Waals surface area contributed by atoms with Gasteiger partial charge in [0.1, 0.15) is 6.04 Å². The molecule has 4 nitrogen and oxygen atoms in total. The summed E-state index contributed by atoms with van der Waals surface area (Å²) < 4.78 is 5.42. The highest BCUT2D eigenvalue weighted by molar-refractivity contribution is 5.76. The van der Waals surface area contributed by atoms with Gasteiger partial charge >= 0.3 is 5.97 Å². The van der Waals surface area contributed by atoms with E-state index < -0.39 is 0 Å². The average molecular weight is 212 g/mol. The molecule has 2 heterocycles. The van der Waals surface area contributed by atoms with Gasteiger partial charge in [-0.05, 0) is 45.2 Å². The molecule has 2 fully saturated rings. The SMILES string of the molecule is O=C(OC1CCCCN1)C1CCCCN1. The minimum absolute atomic E-state index is 0.0463. The Morgan fingerprint density at radius 3 is 2.33 bits per heavy atom. The van der Waals surface area contributed by atoms with Crippen LogP contribution in [0.25, 0.3) is 0 Å². The summed E-state index contributed by atoms with van der Waals surface area (Å²) in [7, 11) is 0. The molecule has 0 aromatic carbocycles. The number of hydrogen-bond acceptors (Lipinski definition) is 4. The van der Waals surface area contributed by atoms with Crippen LogP contribution in [0.4, 0.5) is 0 Å². The second kappa shape index (κ2) is 5.47. The van der Waals surface area contributed by atoms with Crippen LogP contribution >= 0.6 is 0 Å². The summed E-state index contributed by atoms with van der Waals surface area (Å²) in [5, 5.41) is 6.42. The van der Waals surface area contributed by atoms with Gasteiger partial charge in [0.25, 0.3) is 0 Å². The van der Waals surface area contributed by atoms with Gasteiger partial charge < -0.3 is 10.1 Å². The maximum Gasteiger partial charge on any atom is 0.324 e. The van der Waals surface area contributed by atoms with Crippen molar-refractivity contribution in [2.24, 2.45) is 0 Å². The summed E-state index contributed by atoms with van der Waals surface area (Å²) in [5.74, 6) is -0.0749. The van der Waals surface area contributed by atoms with Crippen molar-refractivity contribution in [1.82, 2.24) is 10.6 Å². The van der Waals surface area contributed by atoms with Crippen LogP contribution in [0.3, 0.4) is 0 Å². The highest BCUT2D eigenvalue weighted by Crippen LogP contribution is 2.12. The minimum atomic E-state index is -0.0749. The summed E-state index contributed by atoms with van der Waals surface area (Å²) in [5.41, 5.74) is 0. The molecule has 2 aliphatic rings. The van der Waals surface area contributed by atoms with E-state index in [1.54, 1.807) is 0 Å². The molecule has 2 unspecified atom stereocenters. The van der Waals surface area contributed by atoms with E-state index in [1.165, 1.54) is 12.8 Å². The first kappa shape index (κ1) is 10.9. The quantitative estimate of drug-likeness (QED) is 0.664. The number of carbonyl (C=O) groups is 1. The molecular formula is C11H20N2O2. The Hall–Kier alpha value is -0.610. The van der Waals surface area contributed by atoms with Gasteiger partial charge in [-0.2, -0.15) is 0 Å². The fourth-order valence-corrected chi connectivity index (χ4v) is 2.20. The maximum absolute atomic E-state index is 11.7. The predicted molar refractivity (Wildman–Crippen MR) is 57.4 cm³/mol. The van der Waals surface area contributed by atoms with Crippen LogP contribution in [0.5, 0.6) is 0 Å². The maximum atomic E-state index is 11.7. The lowest BCUT2D eigenvalue weighted by atomic mass is 10.1. The van der Waals surface area contributed by atoms with Gasteiger partial charge in [-0.3, -0.25) is 10.1 Å². The standard InChI is InChI=1S/C11H20N2O2/c14-11(9-5-1-3-7-12-9)15-10-6-2-4-8-13-10/h9-10,12-13H,1-8H2. The van der Waals surface area contributed by atoms with Gasteiger partial charge in [0.2, 0.25) is 0 Å². The van der Waals surface area contributed by atoms with Crippen molar-refractivity contribution >= 4 is 5.97 Å². The zero-order chi connectivity index (χ0) is 10.5. The normalized spacial score (nSPS) is 32.3. The van der Waals surface area contributed by atoms with Crippen molar-refractivity contribution in [2.45, 2.75) is 50.8 Å². The summed E-state index contributed by atoms with van der Waals surface area (Å²) in [4.78, 5) is 11.7. The second-order valence-electron chi connectivity index (χ2n) is 4.38. The van der Waals surface area contributed by atoms with Gasteiger partial charge in [0.05, 0.1) is 0 Å². The minimum Gasteiger partial charge on any atom is -0.445 e. The van der Waals surface area contributed by atoms with E-state index in [2.05, 4.69) is 10.6 Å². The van der Waals surface area contributed by atoms with Crippen LogP contribution in [0, 0.1) is 0 Å². The van der Waals surface area contributed by atoms with Crippen molar-refractivity contribution in [1.29, 1.82) is 0 Å². The highest BCUT2D eigenvalue weighted by atomic mass is 16.6. The van der Waals surface area contributed by atoms with Gasteiger partial charge in [-0.15, -0.1) is 0 Å². The molecule has 0 saturated carbocycles. The molecule has 0 aromatic rings. The van der Waals surface area contributed by atoms with Gasteiger partial charge in [-0.1, -0.05) is 6.42 Å². The molecule has 4 heteroatoms. The number of esters is 1. The average Bonchev–Trinajstić information content (AvgIpc) is 2.31. The van der Waals surface area contributed by atoms with E-state index in [0.29, 0.717) is 0 Å². The van der Waals surface area contributed by atoms with E-state index in [0.717, 1.165) is 38.8 Å². The number of hydrogen-bond donors (Lipinski definition) is 2. The number of carbonyl (C=O) groups excluding carboxylic acids is 1. The van der Waals surface area contributed by atoms with E-state index in [1.807, 2.05) is 0 Å². The van der Waals surface area contributed by atoms with E-state index in [-0.39, 0.29) is 18.2 Å². The van der Waals surface area contributed by atoms with Crippen LogP contribution in [-0.4, -0.2) is 31.3 Å². The third-order valence-electron chi connectivity index (χ3n) is 3.12. The molecule has 0 bridgehead atoms. The molecule has 0 aliphatic carbocycles. The zero-order valence-corrected chi connectivity index (χ0v) is 9.13. The topological polar surface area (TPSA) is 50.4 Å². The lowest BCUT2D eigenvalue weighted by Crippen LogP contribution is -2.46. The third kappa shape index (κ3) is 3.18. The van der Waals surface area contributed by atoms with Crippen LogP contribution < -0.4 is 10.6 Å². The first-order chi connectivity index (χ1) is 7.36. The molecule has 0 spiro atoms. The Morgan fingerprint density at radius 2 is 1.73 bits per heavy atom. The molecule has 15 heavy (non-hydrogen) atoms. The van der Waals surface area contributed by atoms with Crippen molar-refractivity contribution in [3.8, 4) is 0 Å². The molecule has 2 atom stereocenters. The van der Waals surface area contributed by atoms with Gasteiger partial charge in [0.15, 0.2) is 6.23 Å². The first-order valence-corrected chi connectivity index (χ1v) is 6.03. The fourth-order valence-electron chi connectivity index (χ4n) is 2.20. The van der Waals surface area contributed by atoms with E-state index in [9.17, 15) is 4.79 Å². The van der Waals surface area contributed by atoms with Crippen LogP contribution in [0.2, 0.25) is 0 Å². The summed E-state index contributed by atoms with van der Waals surface area (Å²) >= 11 is 0. The lowest BCUT2D eigenvalue weighted by Gasteiger charge is -2.27. The summed E-state index contributed by atoms with van der Waals surface area (Å²) in [6.45, 7) is 1.91. The largest absolute Gasteiger partial charge is 0.445 e. The Balaban J connectivity index is 1.74. The predicted octanol–water partition coefficient (Wildman–Crippen LogP) is 0.771. The Kier molecular flexibility index (Phi) is 3.97. The van der Waals surface area contributed by atoms with Gasteiger partial charge in [0, 0.05) is 0 Å². The van der Waals surface area contributed by atoms with E-state index >= 15 is 0 Å². The molecule has 86 valence electrons. The number of rotatable bonds is 2. The molecule has 2 saturated heterocycles. The highest BCUT2D eigenvalue weighted by Gasteiger charge is 2.25. The molecule has 0 amide bonds. The smallest absolute Gasteiger partial charge is 0.324 e. The van der Waals surface area contributed by atoms with Crippen molar-refractivity contribution < 1.29 is 9.53 Å². The lowest BCUT2D eigenvalue weighted by molar-refractivity contribution is -0.155. The molecular weight excluding hydrogens is 192 g/mol.